The van der Waals surface area contributed by atoms with E-state index in [4.69, 9.17) is 10.2 Å². The highest BCUT2D eigenvalue weighted by molar-refractivity contribution is 5.97. The molecule has 6 heteroatoms. The number of amides is 1. The summed E-state index contributed by atoms with van der Waals surface area (Å²) in [6.45, 7) is 0.895. The summed E-state index contributed by atoms with van der Waals surface area (Å²) in [4.78, 5) is 32.9. The number of nitrogens with zero attached hydrogens (tertiary/aromatic N) is 1. The summed E-state index contributed by atoms with van der Waals surface area (Å²) in [5, 5.41) is 17.4. The average molecular weight is 187 g/mol. The maximum absolute atomic E-state index is 10.9. The van der Waals surface area contributed by atoms with Crippen LogP contribution in [0.2, 0.25) is 0 Å². The van der Waals surface area contributed by atoms with Crippen molar-refractivity contribution in [2.24, 2.45) is 0 Å². The first kappa shape index (κ1) is 9.50. The smallest absolute Gasteiger partial charge is 0.408 e. The molecule has 0 unspecified atom stereocenters. The van der Waals surface area contributed by atoms with Gasteiger partial charge in [-0.15, -0.1) is 0 Å². The SMILES string of the molecule is C[C@@]1(C(=O)O)CC(=O)CN1C(=O)O. The molecule has 1 saturated heterocycles. The van der Waals surface area contributed by atoms with Crippen LogP contribution in [0, 0.1) is 0 Å². The molecular formula is C7H9NO5. The van der Waals surface area contributed by atoms with Gasteiger partial charge in [0, 0.05) is 6.42 Å². The van der Waals surface area contributed by atoms with E-state index in [-0.39, 0.29) is 18.7 Å². The molecule has 0 aliphatic carbocycles. The Bertz CT molecular complexity index is 287. The fraction of sp³-hybridized carbons (Fsp3) is 0.571. The molecule has 1 atom stereocenters. The topological polar surface area (TPSA) is 94.9 Å². The Hall–Kier alpha value is -1.59. The molecule has 0 aromatic rings. The second-order valence-corrected chi connectivity index (χ2v) is 3.16. The fourth-order valence-corrected chi connectivity index (χ4v) is 1.36. The minimum absolute atomic E-state index is 0.255. The molecule has 0 saturated carbocycles. The lowest BCUT2D eigenvalue weighted by atomic mass is 9.99. The second kappa shape index (κ2) is 2.72. The van der Waals surface area contributed by atoms with Crippen molar-refractivity contribution in [1.29, 1.82) is 0 Å². The molecular weight excluding hydrogens is 178 g/mol. The van der Waals surface area contributed by atoms with Crippen LogP contribution in [0.25, 0.3) is 0 Å². The summed E-state index contributed by atoms with van der Waals surface area (Å²) in [7, 11) is 0. The van der Waals surface area contributed by atoms with Gasteiger partial charge < -0.3 is 10.2 Å². The van der Waals surface area contributed by atoms with Gasteiger partial charge in [0.2, 0.25) is 0 Å². The minimum Gasteiger partial charge on any atom is -0.479 e. The maximum Gasteiger partial charge on any atom is 0.408 e. The van der Waals surface area contributed by atoms with Gasteiger partial charge in [-0.05, 0) is 6.92 Å². The lowest BCUT2D eigenvalue weighted by molar-refractivity contribution is -0.147. The Kier molecular flexibility index (Phi) is 1.99. The number of hydrogen-bond donors (Lipinski definition) is 2. The number of Topliss-reactive ketones (excluding diaryl/α,β-unsaturated/α-hetero) is 1. The molecule has 1 fully saturated rings. The zero-order valence-electron chi connectivity index (χ0n) is 6.98. The second-order valence-electron chi connectivity index (χ2n) is 3.16. The Morgan fingerprint density at radius 3 is 2.31 bits per heavy atom. The van der Waals surface area contributed by atoms with Crippen molar-refractivity contribution in [2.75, 3.05) is 6.54 Å². The fourth-order valence-electron chi connectivity index (χ4n) is 1.36. The number of carbonyl (C=O) groups is 3. The van der Waals surface area contributed by atoms with E-state index < -0.39 is 17.6 Å². The standard InChI is InChI=1S/C7H9NO5/c1-7(5(10)11)2-4(9)3-8(7)6(12)13/h2-3H2,1H3,(H,10,11)(H,12,13)/t7-/m0/s1. The Morgan fingerprint density at radius 2 is 2.00 bits per heavy atom. The van der Waals surface area contributed by atoms with Crippen molar-refractivity contribution < 1.29 is 24.6 Å². The van der Waals surface area contributed by atoms with E-state index in [1.165, 1.54) is 6.92 Å². The van der Waals surface area contributed by atoms with Gasteiger partial charge in [0.05, 0.1) is 6.54 Å². The summed E-state index contributed by atoms with van der Waals surface area (Å²) in [6, 6.07) is 0. The molecule has 1 aliphatic heterocycles. The van der Waals surface area contributed by atoms with Crippen LogP contribution in [-0.4, -0.2) is 45.0 Å². The van der Waals surface area contributed by atoms with Crippen LogP contribution in [0.1, 0.15) is 13.3 Å². The van der Waals surface area contributed by atoms with E-state index in [0.717, 1.165) is 0 Å². The number of carbonyl (C=O) groups excluding carboxylic acids is 1. The highest BCUT2D eigenvalue weighted by atomic mass is 16.4. The van der Waals surface area contributed by atoms with E-state index >= 15 is 0 Å². The van der Waals surface area contributed by atoms with Gasteiger partial charge in [0.25, 0.3) is 0 Å². The molecule has 0 spiro atoms. The van der Waals surface area contributed by atoms with Crippen LogP contribution in [0.5, 0.6) is 0 Å². The molecule has 2 N–H and O–H groups in total. The first-order valence-electron chi connectivity index (χ1n) is 3.63. The average Bonchev–Trinajstić information content (AvgIpc) is 2.27. The molecule has 0 radical (unpaired) electrons. The zero-order chi connectivity index (χ0) is 10.2. The molecule has 1 amide bonds. The summed E-state index contributed by atoms with van der Waals surface area (Å²) in [5.74, 6) is -1.66. The number of hydrogen-bond acceptors (Lipinski definition) is 3. The highest BCUT2D eigenvalue weighted by Gasteiger charge is 2.50. The number of likely N-dealkylation sites (tertiary alicyclic amines) is 1. The number of rotatable bonds is 1. The van der Waals surface area contributed by atoms with Crippen LogP contribution in [0.4, 0.5) is 4.79 Å². The van der Waals surface area contributed by atoms with Gasteiger partial charge in [0.1, 0.15) is 5.54 Å². The number of carboxylic acids is 1. The maximum atomic E-state index is 10.9. The van der Waals surface area contributed by atoms with Crippen molar-refractivity contribution in [3.05, 3.63) is 0 Å². The first-order chi connectivity index (χ1) is 5.88. The van der Waals surface area contributed by atoms with Gasteiger partial charge in [-0.2, -0.15) is 0 Å². The quantitative estimate of drug-likeness (QED) is 0.591. The van der Waals surface area contributed by atoms with Crippen molar-refractivity contribution in [2.45, 2.75) is 18.9 Å². The zero-order valence-corrected chi connectivity index (χ0v) is 6.98. The van der Waals surface area contributed by atoms with E-state index in [9.17, 15) is 14.4 Å². The predicted molar refractivity (Wildman–Crippen MR) is 40.4 cm³/mol. The van der Waals surface area contributed by atoms with Gasteiger partial charge in [-0.3, -0.25) is 9.69 Å². The van der Waals surface area contributed by atoms with Gasteiger partial charge >= 0.3 is 12.1 Å². The molecule has 72 valence electrons. The van der Waals surface area contributed by atoms with Crippen LogP contribution in [0.3, 0.4) is 0 Å². The lowest BCUT2D eigenvalue weighted by Crippen LogP contribution is -2.50. The van der Waals surface area contributed by atoms with Crippen LogP contribution in [-0.2, 0) is 9.59 Å². The summed E-state index contributed by atoms with van der Waals surface area (Å²) in [6.07, 6.45) is -1.63. The molecule has 0 aromatic heterocycles. The minimum atomic E-state index is -1.59. The molecule has 1 heterocycles. The van der Waals surface area contributed by atoms with Crippen molar-refractivity contribution >= 4 is 17.8 Å². The van der Waals surface area contributed by atoms with Gasteiger partial charge in [-0.1, -0.05) is 0 Å². The molecule has 6 nitrogen and oxygen atoms in total. The van der Waals surface area contributed by atoms with Crippen molar-refractivity contribution in [3.63, 3.8) is 0 Å². The molecule has 0 aromatic carbocycles. The summed E-state index contributed by atoms with van der Waals surface area (Å²) < 4.78 is 0. The number of aliphatic carboxylic acids is 1. The van der Waals surface area contributed by atoms with Crippen molar-refractivity contribution in [3.8, 4) is 0 Å². The monoisotopic (exact) mass is 187 g/mol. The van der Waals surface area contributed by atoms with Crippen LogP contribution in [0.15, 0.2) is 0 Å². The third-order valence-corrected chi connectivity index (χ3v) is 2.16. The Balaban J connectivity index is 3.01. The predicted octanol–water partition coefficient (Wildman–Crippen LogP) is -0.218. The van der Waals surface area contributed by atoms with Crippen molar-refractivity contribution in [1.82, 2.24) is 4.90 Å². The third-order valence-electron chi connectivity index (χ3n) is 2.16. The summed E-state index contributed by atoms with van der Waals surface area (Å²) >= 11 is 0. The molecule has 0 bridgehead atoms. The van der Waals surface area contributed by atoms with E-state index in [1.54, 1.807) is 0 Å². The number of carboxylic acid groups (broad SMARTS) is 2. The van der Waals surface area contributed by atoms with Gasteiger partial charge in [-0.25, -0.2) is 9.59 Å². The van der Waals surface area contributed by atoms with E-state index in [0.29, 0.717) is 4.90 Å². The number of ketones is 1. The third kappa shape index (κ3) is 1.34. The van der Waals surface area contributed by atoms with E-state index in [2.05, 4.69) is 0 Å². The molecule has 13 heavy (non-hydrogen) atoms. The van der Waals surface area contributed by atoms with Gasteiger partial charge in [0.15, 0.2) is 5.78 Å². The molecule has 1 aliphatic rings. The first-order valence-corrected chi connectivity index (χ1v) is 3.63. The largest absolute Gasteiger partial charge is 0.479 e. The van der Waals surface area contributed by atoms with Crippen LogP contribution < -0.4 is 0 Å². The highest BCUT2D eigenvalue weighted by Crippen LogP contribution is 2.26. The Morgan fingerprint density at radius 1 is 1.46 bits per heavy atom. The van der Waals surface area contributed by atoms with E-state index in [1.807, 2.05) is 0 Å². The van der Waals surface area contributed by atoms with Crippen LogP contribution >= 0.6 is 0 Å². The summed E-state index contributed by atoms with van der Waals surface area (Å²) in [5.41, 5.74) is -1.59. The Labute approximate surface area is 73.8 Å². The lowest BCUT2D eigenvalue weighted by Gasteiger charge is -2.27. The molecule has 1 rings (SSSR count). The normalized spacial score (nSPS) is 27.8.